The average molecular weight is 243 g/mol. The first-order chi connectivity index (χ1) is 5.91. The van der Waals surface area contributed by atoms with E-state index in [1.54, 1.807) is 0 Å². The summed E-state index contributed by atoms with van der Waals surface area (Å²) in [6.07, 6.45) is 0. The predicted molar refractivity (Wildman–Crippen MR) is 53.7 cm³/mol. The molecular weight excluding hydrogens is 232 g/mol. The summed E-state index contributed by atoms with van der Waals surface area (Å²) >= 11 is 2.81. The number of nitrogens with zero attached hydrogens (tertiary/aromatic N) is 1. The maximum absolute atomic E-state index is 11.0. The first-order valence-electron chi connectivity index (χ1n) is 3.73. The second kappa shape index (κ2) is 4.89. The van der Waals surface area contributed by atoms with Crippen molar-refractivity contribution < 1.29 is 4.79 Å². The fourth-order valence-corrected chi connectivity index (χ4v) is 0.833. The largest absolute Gasteiger partial charge is 0.329 e. The van der Waals surface area contributed by atoms with E-state index in [1.165, 1.54) is 0 Å². The molecule has 13 heavy (non-hydrogen) atoms. The van der Waals surface area contributed by atoms with Crippen LogP contribution in [-0.4, -0.2) is 11.9 Å². The van der Waals surface area contributed by atoms with Gasteiger partial charge in [0.25, 0.3) is 5.91 Å². The van der Waals surface area contributed by atoms with Gasteiger partial charge in [-0.15, -0.1) is 0 Å². The van der Waals surface area contributed by atoms with Crippen molar-refractivity contribution in [3.63, 3.8) is 0 Å². The number of nitrogens with one attached hydrogen (secondary N) is 1. The number of nitriles is 1. The third kappa shape index (κ3) is 4.55. The monoisotopic (exact) mass is 242 g/mol. The predicted octanol–water partition coefficient (Wildman–Crippen LogP) is 1.40. The number of amides is 1. The van der Waals surface area contributed by atoms with Crippen LogP contribution in [0.4, 0.5) is 0 Å². The van der Waals surface area contributed by atoms with Crippen LogP contribution in [0.3, 0.4) is 0 Å². The van der Waals surface area contributed by atoms with Crippen LogP contribution in [0.1, 0.15) is 20.8 Å². The van der Waals surface area contributed by atoms with E-state index < -0.39 is 11.9 Å². The van der Waals surface area contributed by atoms with E-state index in [-0.39, 0.29) is 5.41 Å². The quantitative estimate of drug-likeness (QED) is 0.707. The lowest BCUT2D eigenvalue weighted by molar-refractivity contribution is -0.116. The Kier molecular flexibility index (Phi) is 4.51. The van der Waals surface area contributed by atoms with E-state index in [2.05, 4.69) is 32.0 Å². The van der Waals surface area contributed by atoms with Gasteiger partial charge in [-0.25, -0.2) is 0 Å². The summed E-state index contributed by atoms with van der Waals surface area (Å²) < 4.78 is 0. The Bertz CT molecular complexity index is 287. The van der Waals surface area contributed by atoms with Gasteiger partial charge < -0.3 is 5.32 Å². The molecule has 70 valence electrons. The van der Waals surface area contributed by atoms with Crippen molar-refractivity contribution in [2.45, 2.75) is 26.8 Å². The first kappa shape index (κ1) is 12.0. The molecule has 1 atom stereocenters. The van der Waals surface area contributed by atoms with Crippen LogP contribution in [0.2, 0.25) is 0 Å². The summed E-state index contributed by atoms with van der Waals surface area (Å²) in [6.45, 7) is 5.63. The molecular formula is C9H11BrN2O. The van der Waals surface area contributed by atoms with Gasteiger partial charge in [0.2, 0.25) is 0 Å². The number of carbonyl (C=O) groups excluding carboxylic acids is 1. The lowest BCUT2D eigenvalue weighted by atomic mass is 9.88. The molecule has 3 nitrogen and oxygen atoms in total. The fraction of sp³-hybridized carbons (Fsp3) is 0.556. The van der Waals surface area contributed by atoms with Crippen LogP contribution in [0.5, 0.6) is 0 Å². The van der Waals surface area contributed by atoms with E-state index in [4.69, 9.17) is 5.26 Å². The Morgan fingerprint density at radius 3 is 2.38 bits per heavy atom. The van der Waals surface area contributed by atoms with Gasteiger partial charge in [-0.05, 0) is 10.2 Å². The summed E-state index contributed by atoms with van der Waals surface area (Å²) in [5.74, 6) is 1.80. The van der Waals surface area contributed by atoms with Crippen LogP contribution >= 0.6 is 15.9 Å². The van der Waals surface area contributed by atoms with Crippen molar-refractivity contribution in [2.75, 3.05) is 0 Å². The van der Waals surface area contributed by atoms with Gasteiger partial charge in [0.1, 0.15) is 6.04 Å². The van der Waals surface area contributed by atoms with Crippen LogP contribution in [-0.2, 0) is 4.79 Å². The number of hydrogen-bond donors (Lipinski definition) is 1. The van der Waals surface area contributed by atoms with Gasteiger partial charge in [0.15, 0.2) is 0 Å². The number of rotatable bonds is 1. The lowest BCUT2D eigenvalue weighted by Crippen LogP contribution is -2.42. The molecule has 4 heteroatoms. The topological polar surface area (TPSA) is 52.9 Å². The zero-order valence-electron chi connectivity index (χ0n) is 7.81. The van der Waals surface area contributed by atoms with Gasteiger partial charge in [-0.3, -0.25) is 4.79 Å². The first-order valence-corrected chi connectivity index (χ1v) is 4.53. The molecule has 0 aliphatic carbocycles. The highest BCUT2D eigenvalue weighted by Gasteiger charge is 2.25. The Labute approximate surface area is 86.6 Å². The highest BCUT2D eigenvalue weighted by atomic mass is 79.9. The van der Waals surface area contributed by atoms with E-state index >= 15 is 0 Å². The van der Waals surface area contributed by atoms with Crippen molar-refractivity contribution in [1.29, 1.82) is 5.26 Å². The summed E-state index contributed by atoms with van der Waals surface area (Å²) in [5.41, 5.74) is -0.279. The van der Waals surface area contributed by atoms with Gasteiger partial charge >= 0.3 is 0 Å². The number of halogens is 1. The van der Waals surface area contributed by atoms with Crippen LogP contribution in [0.15, 0.2) is 0 Å². The Balaban J connectivity index is 4.39. The zero-order chi connectivity index (χ0) is 10.5. The smallest absolute Gasteiger partial charge is 0.297 e. The second-order valence-electron chi connectivity index (χ2n) is 3.62. The van der Waals surface area contributed by atoms with E-state index in [1.807, 2.05) is 26.8 Å². The Morgan fingerprint density at radius 1 is 1.54 bits per heavy atom. The molecule has 0 aromatic carbocycles. The molecule has 0 bridgehead atoms. The highest BCUT2D eigenvalue weighted by Crippen LogP contribution is 2.18. The molecule has 0 radical (unpaired) electrons. The van der Waals surface area contributed by atoms with Crippen molar-refractivity contribution >= 4 is 21.8 Å². The molecule has 0 fully saturated rings. The molecule has 1 unspecified atom stereocenters. The van der Waals surface area contributed by atoms with Gasteiger partial charge in [-0.1, -0.05) is 20.8 Å². The molecule has 0 aromatic rings. The van der Waals surface area contributed by atoms with Crippen LogP contribution < -0.4 is 5.32 Å². The van der Waals surface area contributed by atoms with E-state index in [9.17, 15) is 4.79 Å². The van der Waals surface area contributed by atoms with Gasteiger partial charge in [0.05, 0.1) is 6.07 Å². The van der Waals surface area contributed by atoms with Gasteiger partial charge in [-0.2, -0.15) is 5.26 Å². The average Bonchev–Trinajstić information content (AvgIpc) is 1.98. The van der Waals surface area contributed by atoms with Crippen molar-refractivity contribution in [1.82, 2.24) is 5.32 Å². The minimum absolute atomic E-state index is 0.279. The molecule has 0 aliphatic heterocycles. The summed E-state index contributed by atoms with van der Waals surface area (Å²) in [6, 6.07) is 1.50. The number of hydrogen-bond acceptors (Lipinski definition) is 2. The van der Waals surface area contributed by atoms with Crippen molar-refractivity contribution in [3.8, 4) is 16.8 Å². The maximum atomic E-state index is 11.0. The van der Waals surface area contributed by atoms with Crippen molar-refractivity contribution in [3.05, 3.63) is 0 Å². The van der Waals surface area contributed by atoms with Crippen LogP contribution in [0, 0.1) is 27.5 Å². The summed E-state index contributed by atoms with van der Waals surface area (Å²) in [7, 11) is 0. The molecule has 0 aliphatic rings. The van der Waals surface area contributed by atoms with E-state index in [0.717, 1.165) is 0 Å². The minimum Gasteiger partial charge on any atom is -0.329 e. The third-order valence-electron chi connectivity index (χ3n) is 1.43. The molecule has 0 aromatic heterocycles. The minimum atomic E-state index is -0.520. The molecule has 1 N–H and O–H groups in total. The SMILES string of the molecule is CC(C)(C)C(C#N)NC(=O)C#CBr. The molecule has 1 amide bonds. The zero-order valence-corrected chi connectivity index (χ0v) is 9.40. The number of carbonyl (C=O) groups is 1. The van der Waals surface area contributed by atoms with Crippen molar-refractivity contribution in [2.24, 2.45) is 5.41 Å². The molecule has 0 heterocycles. The van der Waals surface area contributed by atoms with Crippen LogP contribution in [0.25, 0.3) is 0 Å². The summed E-state index contributed by atoms with van der Waals surface area (Å²) in [5, 5.41) is 11.3. The summed E-state index contributed by atoms with van der Waals surface area (Å²) in [4.78, 5) is 13.3. The Hall–Kier alpha value is -1.00. The molecule has 0 rings (SSSR count). The lowest BCUT2D eigenvalue weighted by Gasteiger charge is -2.24. The molecule has 0 saturated heterocycles. The second-order valence-corrected chi connectivity index (χ2v) is 4.02. The highest BCUT2D eigenvalue weighted by molar-refractivity contribution is 9.12. The maximum Gasteiger partial charge on any atom is 0.297 e. The van der Waals surface area contributed by atoms with E-state index in [0.29, 0.717) is 0 Å². The fourth-order valence-electron chi connectivity index (χ4n) is 0.653. The van der Waals surface area contributed by atoms with Gasteiger partial charge in [0, 0.05) is 21.9 Å². The molecule has 0 saturated carbocycles. The normalized spacial score (nSPS) is 11.9. The standard InChI is InChI=1S/C9H11BrN2O/c1-9(2,3)7(6-11)12-8(13)4-5-10/h7H,1-3H3,(H,12,13). The molecule has 0 spiro atoms. The Morgan fingerprint density at radius 2 is 2.08 bits per heavy atom. The third-order valence-corrected chi connectivity index (χ3v) is 1.63.